The second-order valence-corrected chi connectivity index (χ2v) is 9.29. The van der Waals surface area contributed by atoms with Gasteiger partial charge in [-0.3, -0.25) is 9.59 Å². The number of amides is 1. The molecule has 0 spiro atoms. The molecule has 4 rings (SSSR count). The van der Waals surface area contributed by atoms with Crippen LogP contribution in [-0.4, -0.2) is 26.3 Å². The number of ether oxygens (including phenoxy) is 1. The summed E-state index contributed by atoms with van der Waals surface area (Å²) in [4.78, 5) is 25.3. The van der Waals surface area contributed by atoms with Crippen LogP contribution >= 0.6 is 23.2 Å². The number of anilines is 1. The van der Waals surface area contributed by atoms with Crippen LogP contribution in [0.5, 0.6) is 5.75 Å². The van der Waals surface area contributed by atoms with E-state index < -0.39 is 5.60 Å². The lowest BCUT2D eigenvalue weighted by molar-refractivity contribution is -0.131. The van der Waals surface area contributed by atoms with Crippen molar-refractivity contribution < 1.29 is 14.3 Å². The minimum atomic E-state index is -1.38. The Kier molecular flexibility index (Phi) is 8.37. The molecule has 0 aliphatic carbocycles. The Balaban J connectivity index is 0.00000103. The number of fused-ring (bicyclic) bond motifs is 1. The first-order chi connectivity index (χ1) is 16.2. The van der Waals surface area contributed by atoms with Gasteiger partial charge in [0.2, 0.25) is 5.60 Å². The van der Waals surface area contributed by atoms with Gasteiger partial charge in [-0.15, -0.1) is 0 Å². The minimum Gasteiger partial charge on any atom is -0.471 e. The zero-order valence-corrected chi connectivity index (χ0v) is 21.1. The molecule has 7 heteroatoms. The van der Waals surface area contributed by atoms with E-state index in [1.54, 1.807) is 30.3 Å². The summed E-state index contributed by atoms with van der Waals surface area (Å²) < 4.78 is 6.57. The molecular formula is C27H28Cl2N2O3. The molecule has 0 saturated carbocycles. The van der Waals surface area contributed by atoms with Crippen LogP contribution in [0.1, 0.15) is 46.8 Å². The second kappa shape index (κ2) is 11.0. The molecule has 0 aromatic heterocycles. The van der Waals surface area contributed by atoms with Crippen LogP contribution < -0.4 is 15.4 Å². The average molecular weight is 499 g/mol. The molecule has 178 valence electrons. The average Bonchev–Trinajstić information content (AvgIpc) is 3.04. The van der Waals surface area contributed by atoms with Gasteiger partial charge in [0.25, 0.3) is 5.91 Å². The van der Waals surface area contributed by atoms with Gasteiger partial charge in [-0.2, -0.15) is 0 Å². The topological polar surface area (TPSA) is 67.4 Å². The second-order valence-electron chi connectivity index (χ2n) is 8.42. The van der Waals surface area contributed by atoms with Gasteiger partial charge < -0.3 is 15.4 Å². The van der Waals surface area contributed by atoms with Gasteiger partial charge in [-0.05, 0) is 61.5 Å². The Morgan fingerprint density at radius 1 is 1.03 bits per heavy atom. The molecule has 3 aromatic rings. The lowest BCUT2D eigenvalue weighted by Gasteiger charge is -2.31. The van der Waals surface area contributed by atoms with Crippen molar-refractivity contribution in [1.82, 2.24) is 5.32 Å². The molecule has 3 aromatic carbocycles. The van der Waals surface area contributed by atoms with E-state index in [1.165, 1.54) is 0 Å². The van der Waals surface area contributed by atoms with E-state index in [2.05, 4.69) is 10.6 Å². The third-order valence-corrected chi connectivity index (χ3v) is 5.95. The highest BCUT2D eigenvalue weighted by atomic mass is 35.5. The molecule has 0 bridgehead atoms. The van der Waals surface area contributed by atoms with E-state index in [-0.39, 0.29) is 18.2 Å². The first-order valence-electron chi connectivity index (χ1n) is 11.0. The Morgan fingerprint density at radius 2 is 1.71 bits per heavy atom. The summed E-state index contributed by atoms with van der Waals surface area (Å²) in [6, 6.07) is 18.0. The summed E-state index contributed by atoms with van der Waals surface area (Å²) in [5.74, 6) is 0.180. The fraction of sp³-hybridized carbons (Fsp3) is 0.259. The molecule has 1 atom stereocenters. The molecular weight excluding hydrogens is 471 g/mol. The van der Waals surface area contributed by atoms with Crippen molar-refractivity contribution in [3.8, 4) is 5.75 Å². The maximum Gasteiger partial charge on any atom is 0.273 e. The van der Waals surface area contributed by atoms with Gasteiger partial charge in [0.1, 0.15) is 5.75 Å². The summed E-state index contributed by atoms with van der Waals surface area (Å²) in [5, 5.41) is 6.73. The Bertz CT molecular complexity index is 1200. The first-order valence-corrected chi connectivity index (χ1v) is 11.7. The third-order valence-electron chi connectivity index (χ3n) is 5.47. The lowest BCUT2D eigenvalue weighted by Crippen LogP contribution is -2.43. The predicted molar refractivity (Wildman–Crippen MR) is 138 cm³/mol. The van der Waals surface area contributed by atoms with Gasteiger partial charge in [0.05, 0.1) is 11.3 Å². The first kappa shape index (κ1) is 25.8. The lowest BCUT2D eigenvalue weighted by atomic mass is 9.87. The van der Waals surface area contributed by atoms with E-state index in [4.69, 9.17) is 27.9 Å². The largest absolute Gasteiger partial charge is 0.471 e. The maximum atomic E-state index is 13.4. The number of benzene rings is 3. The number of carbonyl (C=O) groups is 2. The van der Waals surface area contributed by atoms with Crippen LogP contribution in [0.3, 0.4) is 0 Å². The highest BCUT2D eigenvalue weighted by Gasteiger charge is 2.50. The molecule has 5 nitrogen and oxygen atoms in total. The predicted octanol–water partition coefficient (Wildman–Crippen LogP) is 6.23. The quantitative estimate of drug-likeness (QED) is 0.395. The number of aldehydes is 1. The maximum absolute atomic E-state index is 13.4. The summed E-state index contributed by atoms with van der Waals surface area (Å²) in [6.07, 6.45) is 0.989. The normalized spacial score (nSPS) is 16.4. The zero-order chi connectivity index (χ0) is 24.9. The van der Waals surface area contributed by atoms with Crippen molar-refractivity contribution in [1.29, 1.82) is 0 Å². The molecule has 34 heavy (non-hydrogen) atoms. The standard InChI is InChI=1S/C25H21Cl2NO3.C2H7N/c1-15(2)20-8-4-6-17(14-29)23(20)31-25(13-16-5-3-7-18(26)11-16)21-10-9-19(27)12-22(21)28-24(25)30;1-3-2/h3-12,14-15H,13H2,1-2H3,(H,28,30);3H,1-2H3. The number of carbonyl (C=O) groups excluding carboxylic acids is 2. The summed E-state index contributed by atoms with van der Waals surface area (Å²) in [7, 11) is 3.75. The van der Waals surface area contributed by atoms with Gasteiger partial charge >= 0.3 is 0 Å². The number of para-hydroxylation sites is 1. The fourth-order valence-electron chi connectivity index (χ4n) is 3.98. The molecule has 1 heterocycles. The van der Waals surface area contributed by atoms with Crippen LogP contribution in [0, 0.1) is 0 Å². The van der Waals surface area contributed by atoms with Crippen molar-refractivity contribution in [3.05, 3.63) is 93.0 Å². The van der Waals surface area contributed by atoms with Gasteiger partial charge in [-0.25, -0.2) is 0 Å². The number of rotatable bonds is 6. The van der Waals surface area contributed by atoms with Crippen LogP contribution in [0.4, 0.5) is 5.69 Å². The molecule has 1 aliphatic rings. The van der Waals surface area contributed by atoms with Crippen molar-refractivity contribution in [2.75, 3.05) is 19.4 Å². The third kappa shape index (κ3) is 5.27. The van der Waals surface area contributed by atoms with Gasteiger partial charge in [0.15, 0.2) is 6.29 Å². The molecule has 0 radical (unpaired) electrons. The van der Waals surface area contributed by atoms with E-state index in [0.29, 0.717) is 32.6 Å². The van der Waals surface area contributed by atoms with Crippen LogP contribution in [-0.2, 0) is 16.8 Å². The Hall–Kier alpha value is -2.86. The minimum absolute atomic E-state index is 0.0901. The Labute approximate surface area is 210 Å². The molecule has 2 N–H and O–H groups in total. The SMILES string of the molecule is CC(C)c1cccc(C=O)c1OC1(Cc2cccc(Cl)c2)C(=O)Nc2cc(Cl)ccc21.CNC. The van der Waals surface area contributed by atoms with Crippen LogP contribution in [0.15, 0.2) is 60.7 Å². The number of hydrogen-bond acceptors (Lipinski definition) is 4. The monoisotopic (exact) mass is 498 g/mol. The van der Waals surface area contributed by atoms with Gasteiger partial charge in [-0.1, -0.05) is 67.4 Å². The summed E-state index contributed by atoms with van der Waals surface area (Å²) in [6.45, 7) is 4.03. The fourth-order valence-corrected chi connectivity index (χ4v) is 4.36. The van der Waals surface area contributed by atoms with E-state index in [1.807, 2.05) is 58.3 Å². The van der Waals surface area contributed by atoms with Crippen molar-refractivity contribution in [2.45, 2.75) is 31.8 Å². The highest BCUT2D eigenvalue weighted by molar-refractivity contribution is 6.31. The van der Waals surface area contributed by atoms with E-state index in [9.17, 15) is 9.59 Å². The zero-order valence-electron chi connectivity index (χ0n) is 19.6. The van der Waals surface area contributed by atoms with Crippen LogP contribution in [0.2, 0.25) is 10.0 Å². The highest BCUT2D eigenvalue weighted by Crippen LogP contribution is 2.45. The number of hydrogen-bond donors (Lipinski definition) is 2. The molecule has 1 aliphatic heterocycles. The number of halogens is 2. The molecule has 1 unspecified atom stereocenters. The molecule has 0 saturated heterocycles. The van der Waals surface area contributed by atoms with Crippen LogP contribution in [0.25, 0.3) is 0 Å². The van der Waals surface area contributed by atoms with E-state index >= 15 is 0 Å². The smallest absolute Gasteiger partial charge is 0.273 e. The van der Waals surface area contributed by atoms with Gasteiger partial charge in [0, 0.05) is 22.0 Å². The number of nitrogens with one attached hydrogen (secondary N) is 2. The Morgan fingerprint density at radius 3 is 2.35 bits per heavy atom. The van der Waals surface area contributed by atoms with Crippen molar-refractivity contribution >= 4 is 41.1 Å². The van der Waals surface area contributed by atoms with Crippen molar-refractivity contribution in [3.63, 3.8) is 0 Å². The molecule has 0 fully saturated rings. The summed E-state index contributed by atoms with van der Waals surface area (Å²) in [5.41, 5.74) is 1.96. The summed E-state index contributed by atoms with van der Waals surface area (Å²) >= 11 is 12.4. The van der Waals surface area contributed by atoms with Crippen molar-refractivity contribution in [2.24, 2.45) is 0 Å². The molecule has 1 amide bonds. The van der Waals surface area contributed by atoms with E-state index in [0.717, 1.165) is 17.4 Å².